The highest BCUT2D eigenvalue weighted by molar-refractivity contribution is 5.76. The van der Waals surface area contributed by atoms with E-state index in [0.717, 1.165) is 28.5 Å². The lowest BCUT2D eigenvalue weighted by Crippen LogP contribution is -2.40. The van der Waals surface area contributed by atoms with Crippen molar-refractivity contribution in [2.45, 2.75) is 13.0 Å². The first-order chi connectivity index (χ1) is 12.0. The van der Waals surface area contributed by atoms with Gasteiger partial charge in [-0.15, -0.1) is 0 Å². The van der Waals surface area contributed by atoms with Gasteiger partial charge in [0.1, 0.15) is 6.54 Å². The van der Waals surface area contributed by atoms with Crippen LogP contribution >= 0.6 is 0 Å². The zero-order valence-electron chi connectivity index (χ0n) is 13.7. The summed E-state index contributed by atoms with van der Waals surface area (Å²) < 4.78 is 1.05. The molecule has 1 heterocycles. The van der Waals surface area contributed by atoms with E-state index in [0.29, 0.717) is 26.1 Å². The monoisotopic (exact) mass is 344 g/mol. The van der Waals surface area contributed by atoms with Gasteiger partial charge in [0, 0.05) is 31.8 Å². The molecule has 8 heteroatoms. The largest absolute Gasteiger partial charge is 0.340 e. The van der Waals surface area contributed by atoms with Gasteiger partial charge >= 0.3 is 0 Å². The lowest BCUT2D eigenvalue weighted by Gasteiger charge is -2.22. The number of hydrogen-bond donors (Lipinski definition) is 1. The maximum Gasteiger partial charge on any atom is 0.285 e. The number of nitrogens with two attached hydrogens (primary N) is 1. The Morgan fingerprint density at radius 1 is 1.16 bits per heavy atom. The molecule has 0 spiro atoms. The molecule has 0 aliphatic carbocycles. The van der Waals surface area contributed by atoms with Crippen LogP contribution in [0.15, 0.2) is 53.5 Å². The number of amides is 1. The number of rotatable bonds is 8. The molecule has 2 aromatic rings. The van der Waals surface area contributed by atoms with E-state index in [-0.39, 0.29) is 18.1 Å². The zero-order valence-corrected chi connectivity index (χ0v) is 13.7. The number of carbonyl (C=O) groups excluding carboxylic acids is 1. The van der Waals surface area contributed by atoms with E-state index in [1.807, 2.05) is 30.3 Å². The number of aromatic nitrogens is 1. The van der Waals surface area contributed by atoms with Crippen LogP contribution in [-0.2, 0) is 17.8 Å². The zero-order chi connectivity index (χ0) is 18.2. The van der Waals surface area contributed by atoms with Crippen molar-refractivity contribution < 1.29 is 9.72 Å². The number of carbonyl (C=O) groups is 1. The molecule has 0 saturated carbocycles. The van der Waals surface area contributed by atoms with Crippen molar-refractivity contribution in [3.8, 4) is 0 Å². The van der Waals surface area contributed by atoms with E-state index in [9.17, 15) is 19.7 Å². The van der Waals surface area contributed by atoms with E-state index in [4.69, 9.17) is 5.73 Å². The Morgan fingerprint density at radius 2 is 1.88 bits per heavy atom. The second kappa shape index (κ2) is 8.74. The van der Waals surface area contributed by atoms with Crippen LogP contribution < -0.4 is 11.3 Å². The standard InChI is InChI=1S/C17H20N4O4/c18-9-11-19(10-8-14-4-2-1-3-5-14)17(23)13-20-12-15(21(24)25)6-7-16(20)22/h1-7,12H,8-11,13,18H2. The van der Waals surface area contributed by atoms with E-state index in [2.05, 4.69) is 0 Å². The first-order valence-corrected chi connectivity index (χ1v) is 7.88. The van der Waals surface area contributed by atoms with Gasteiger partial charge in [-0.2, -0.15) is 0 Å². The van der Waals surface area contributed by atoms with Crippen molar-refractivity contribution in [1.29, 1.82) is 0 Å². The minimum atomic E-state index is -0.604. The molecule has 0 aliphatic heterocycles. The third-order valence-electron chi connectivity index (χ3n) is 3.75. The highest BCUT2D eigenvalue weighted by atomic mass is 16.6. The van der Waals surface area contributed by atoms with Gasteiger partial charge in [-0.05, 0) is 12.0 Å². The first kappa shape index (κ1) is 18.3. The topological polar surface area (TPSA) is 111 Å². The quantitative estimate of drug-likeness (QED) is 0.562. The fraction of sp³-hybridized carbons (Fsp3) is 0.294. The second-order valence-electron chi connectivity index (χ2n) is 5.52. The summed E-state index contributed by atoms with van der Waals surface area (Å²) in [5.74, 6) is -0.302. The molecule has 0 bridgehead atoms. The van der Waals surface area contributed by atoms with Crippen LogP contribution in [0.2, 0.25) is 0 Å². The van der Waals surface area contributed by atoms with Crippen molar-refractivity contribution >= 4 is 11.6 Å². The predicted octanol–water partition coefficient (Wildman–Crippen LogP) is 0.786. The molecule has 1 aromatic carbocycles. The summed E-state index contributed by atoms with van der Waals surface area (Å²) in [6.07, 6.45) is 1.74. The summed E-state index contributed by atoms with van der Waals surface area (Å²) in [6.45, 7) is 0.860. The summed E-state index contributed by atoms with van der Waals surface area (Å²) >= 11 is 0. The van der Waals surface area contributed by atoms with E-state index >= 15 is 0 Å². The van der Waals surface area contributed by atoms with Crippen molar-refractivity contribution in [2.24, 2.45) is 5.73 Å². The van der Waals surface area contributed by atoms with Crippen LogP contribution in [0, 0.1) is 10.1 Å². The molecular weight excluding hydrogens is 324 g/mol. The SMILES string of the molecule is NCCN(CCc1ccccc1)C(=O)Cn1cc([N+](=O)[O-])ccc1=O. The van der Waals surface area contributed by atoms with Crippen LogP contribution in [0.25, 0.3) is 0 Å². The normalized spacial score (nSPS) is 10.4. The van der Waals surface area contributed by atoms with Gasteiger partial charge in [-0.1, -0.05) is 30.3 Å². The Balaban J connectivity index is 2.08. The minimum Gasteiger partial charge on any atom is -0.340 e. The first-order valence-electron chi connectivity index (χ1n) is 7.88. The van der Waals surface area contributed by atoms with Crippen LogP contribution in [0.1, 0.15) is 5.56 Å². The van der Waals surface area contributed by atoms with Gasteiger partial charge in [-0.3, -0.25) is 24.3 Å². The van der Waals surface area contributed by atoms with E-state index in [1.165, 1.54) is 0 Å². The highest BCUT2D eigenvalue weighted by Gasteiger charge is 2.16. The molecule has 1 aromatic heterocycles. The summed E-state index contributed by atoms with van der Waals surface area (Å²) in [5, 5.41) is 10.8. The van der Waals surface area contributed by atoms with Gasteiger partial charge < -0.3 is 10.6 Å². The molecular formula is C17H20N4O4. The Kier molecular flexibility index (Phi) is 6.41. The molecule has 132 valence electrons. The van der Waals surface area contributed by atoms with Crippen LogP contribution in [0.3, 0.4) is 0 Å². The van der Waals surface area contributed by atoms with E-state index < -0.39 is 10.5 Å². The van der Waals surface area contributed by atoms with Crippen LogP contribution in [-0.4, -0.2) is 39.9 Å². The fourth-order valence-electron chi connectivity index (χ4n) is 2.42. The van der Waals surface area contributed by atoms with Crippen molar-refractivity contribution in [3.05, 3.63) is 74.7 Å². The van der Waals surface area contributed by atoms with Gasteiger partial charge in [0.25, 0.3) is 11.2 Å². The van der Waals surface area contributed by atoms with Gasteiger partial charge in [0.15, 0.2) is 0 Å². The summed E-state index contributed by atoms with van der Waals surface area (Å²) in [5.41, 5.74) is 5.96. The maximum atomic E-state index is 12.5. The lowest BCUT2D eigenvalue weighted by molar-refractivity contribution is -0.385. The molecule has 8 nitrogen and oxygen atoms in total. The average Bonchev–Trinajstić information content (AvgIpc) is 2.61. The molecule has 0 fully saturated rings. The Bertz CT molecular complexity index is 789. The van der Waals surface area contributed by atoms with E-state index in [1.54, 1.807) is 4.90 Å². The molecule has 2 rings (SSSR count). The molecule has 0 saturated heterocycles. The fourth-order valence-corrected chi connectivity index (χ4v) is 2.42. The Hall–Kier alpha value is -3.00. The van der Waals surface area contributed by atoms with Gasteiger partial charge in [-0.25, -0.2) is 0 Å². The van der Waals surface area contributed by atoms with Crippen molar-refractivity contribution in [2.75, 3.05) is 19.6 Å². The van der Waals surface area contributed by atoms with Crippen LogP contribution in [0.5, 0.6) is 0 Å². The van der Waals surface area contributed by atoms with Gasteiger partial charge in [0.05, 0.1) is 11.1 Å². The Labute approximate surface area is 144 Å². The summed E-state index contributed by atoms with van der Waals surface area (Å²) in [4.78, 5) is 36.1. The molecule has 0 aliphatic rings. The molecule has 2 N–H and O–H groups in total. The number of benzene rings is 1. The predicted molar refractivity (Wildman–Crippen MR) is 93.1 cm³/mol. The summed E-state index contributed by atoms with van der Waals surface area (Å²) in [7, 11) is 0. The third kappa shape index (κ3) is 5.25. The molecule has 0 unspecified atom stereocenters. The van der Waals surface area contributed by atoms with Crippen molar-refractivity contribution in [1.82, 2.24) is 9.47 Å². The molecule has 1 amide bonds. The second-order valence-corrected chi connectivity index (χ2v) is 5.52. The highest BCUT2D eigenvalue weighted by Crippen LogP contribution is 2.07. The Morgan fingerprint density at radius 3 is 2.52 bits per heavy atom. The maximum absolute atomic E-state index is 12.5. The van der Waals surface area contributed by atoms with Crippen molar-refractivity contribution in [3.63, 3.8) is 0 Å². The van der Waals surface area contributed by atoms with Crippen LogP contribution in [0.4, 0.5) is 5.69 Å². The smallest absolute Gasteiger partial charge is 0.285 e. The minimum absolute atomic E-state index is 0.234. The number of hydrogen-bond acceptors (Lipinski definition) is 5. The molecule has 25 heavy (non-hydrogen) atoms. The number of pyridine rings is 1. The molecule has 0 atom stereocenters. The van der Waals surface area contributed by atoms with Gasteiger partial charge in [0.2, 0.25) is 5.91 Å². The molecule has 0 radical (unpaired) electrons. The third-order valence-corrected chi connectivity index (χ3v) is 3.75. The lowest BCUT2D eigenvalue weighted by atomic mass is 10.1. The number of nitro groups is 1. The number of nitrogens with zero attached hydrogens (tertiary/aromatic N) is 3. The average molecular weight is 344 g/mol. The summed E-state index contributed by atoms with van der Waals surface area (Å²) in [6, 6.07) is 11.9.